The van der Waals surface area contributed by atoms with Gasteiger partial charge < -0.3 is 15.2 Å². The summed E-state index contributed by atoms with van der Waals surface area (Å²) in [6.07, 6.45) is 3.67. The maximum absolute atomic E-state index is 11.9. The Morgan fingerprint density at radius 1 is 1.56 bits per heavy atom. The first kappa shape index (κ1) is 14.7. The molecule has 2 heterocycles. The third-order valence-corrected chi connectivity index (χ3v) is 3.00. The van der Waals surface area contributed by atoms with Gasteiger partial charge in [0.15, 0.2) is 0 Å². The zero-order valence-corrected chi connectivity index (χ0v) is 11.1. The third kappa shape index (κ3) is 3.58. The van der Waals surface area contributed by atoms with Gasteiger partial charge in [0, 0.05) is 37.5 Å². The predicted octanol–water partition coefficient (Wildman–Crippen LogP) is 0.289. The van der Waals surface area contributed by atoms with E-state index in [1.54, 1.807) is 19.3 Å². The van der Waals surface area contributed by atoms with Gasteiger partial charge in [-0.15, -0.1) is 12.4 Å². The molecule has 100 valence electrons. The fourth-order valence-electron chi connectivity index (χ4n) is 1.93. The van der Waals surface area contributed by atoms with Crippen LogP contribution in [0.3, 0.4) is 0 Å². The lowest BCUT2D eigenvalue weighted by Gasteiger charge is -2.23. The molecular formula is C12H18ClN3O2. The van der Waals surface area contributed by atoms with E-state index in [9.17, 15) is 9.59 Å². The zero-order valence-electron chi connectivity index (χ0n) is 10.3. The van der Waals surface area contributed by atoms with Gasteiger partial charge in [-0.2, -0.15) is 0 Å². The lowest BCUT2D eigenvalue weighted by molar-refractivity contribution is 0.0930. The van der Waals surface area contributed by atoms with E-state index >= 15 is 0 Å². The van der Waals surface area contributed by atoms with E-state index in [0.717, 1.165) is 25.9 Å². The molecule has 1 aromatic heterocycles. The number of hydrogen-bond donors (Lipinski definition) is 2. The van der Waals surface area contributed by atoms with Gasteiger partial charge in [-0.05, 0) is 25.5 Å². The van der Waals surface area contributed by atoms with E-state index < -0.39 is 0 Å². The molecule has 18 heavy (non-hydrogen) atoms. The second-order valence-electron chi connectivity index (χ2n) is 4.38. The van der Waals surface area contributed by atoms with Gasteiger partial charge in [-0.3, -0.25) is 9.59 Å². The van der Waals surface area contributed by atoms with Crippen molar-refractivity contribution in [2.24, 2.45) is 7.05 Å². The smallest absolute Gasteiger partial charge is 0.251 e. The summed E-state index contributed by atoms with van der Waals surface area (Å²) in [5.74, 6) is -0.170. The van der Waals surface area contributed by atoms with Gasteiger partial charge in [0.05, 0.1) is 0 Å². The SMILES string of the molecule is Cl.Cn1ccc(C(=O)N[C@H]2CCCNC2)cc1=O. The Hall–Kier alpha value is -1.33. The molecule has 0 spiro atoms. The van der Waals surface area contributed by atoms with Gasteiger partial charge in [0.25, 0.3) is 11.5 Å². The molecule has 0 unspecified atom stereocenters. The van der Waals surface area contributed by atoms with Gasteiger partial charge in [-0.1, -0.05) is 0 Å². The second-order valence-corrected chi connectivity index (χ2v) is 4.38. The molecule has 0 radical (unpaired) electrons. The van der Waals surface area contributed by atoms with Crippen molar-refractivity contribution in [1.29, 1.82) is 0 Å². The van der Waals surface area contributed by atoms with Gasteiger partial charge in [-0.25, -0.2) is 0 Å². The summed E-state index contributed by atoms with van der Waals surface area (Å²) in [5.41, 5.74) is 0.262. The van der Waals surface area contributed by atoms with Crippen LogP contribution in [-0.2, 0) is 7.05 Å². The van der Waals surface area contributed by atoms with Crippen molar-refractivity contribution in [3.05, 3.63) is 34.2 Å². The summed E-state index contributed by atoms with van der Waals surface area (Å²) in [6.45, 7) is 1.81. The zero-order chi connectivity index (χ0) is 12.3. The van der Waals surface area contributed by atoms with E-state index in [-0.39, 0.29) is 29.9 Å². The largest absolute Gasteiger partial charge is 0.348 e. The summed E-state index contributed by atoms with van der Waals surface area (Å²) in [4.78, 5) is 23.3. The number of piperidine rings is 1. The number of pyridine rings is 1. The highest BCUT2D eigenvalue weighted by atomic mass is 35.5. The molecule has 1 saturated heterocycles. The molecule has 0 saturated carbocycles. The average molecular weight is 272 g/mol. The molecule has 6 heteroatoms. The lowest BCUT2D eigenvalue weighted by Crippen LogP contribution is -2.45. The highest BCUT2D eigenvalue weighted by Crippen LogP contribution is 2.03. The fraction of sp³-hybridized carbons (Fsp3) is 0.500. The number of aryl methyl sites for hydroxylation is 1. The number of nitrogens with one attached hydrogen (secondary N) is 2. The summed E-state index contributed by atoms with van der Waals surface area (Å²) >= 11 is 0. The van der Waals surface area contributed by atoms with E-state index in [2.05, 4.69) is 10.6 Å². The van der Waals surface area contributed by atoms with Crippen LogP contribution in [0.1, 0.15) is 23.2 Å². The Kier molecular flexibility index (Phi) is 5.37. The maximum atomic E-state index is 11.9. The van der Waals surface area contributed by atoms with Crippen LogP contribution in [0.15, 0.2) is 23.1 Å². The average Bonchev–Trinajstić information content (AvgIpc) is 2.34. The van der Waals surface area contributed by atoms with Crippen LogP contribution in [0.4, 0.5) is 0 Å². The summed E-state index contributed by atoms with van der Waals surface area (Å²) < 4.78 is 1.44. The molecule has 2 N–H and O–H groups in total. The number of hydrogen-bond acceptors (Lipinski definition) is 3. The first-order chi connectivity index (χ1) is 8.16. The van der Waals surface area contributed by atoms with Crippen LogP contribution in [-0.4, -0.2) is 29.6 Å². The lowest BCUT2D eigenvalue weighted by atomic mass is 10.1. The Labute approximate surface area is 112 Å². The van der Waals surface area contributed by atoms with Gasteiger partial charge in [0.2, 0.25) is 0 Å². The molecule has 5 nitrogen and oxygen atoms in total. The molecule has 2 rings (SSSR count). The highest BCUT2D eigenvalue weighted by Gasteiger charge is 2.16. The molecule has 1 aliphatic heterocycles. The van der Waals surface area contributed by atoms with Crippen LogP contribution in [0.5, 0.6) is 0 Å². The molecule has 0 aromatic carbocycles. The topological polar surface area (TPSA) is 63.1 Å². The molecule has 1 atom stereocenters. The number of amides is 1. The van der Waals surface area contributed by atoms with E-state index in [1.807, 2.05) is 0 Å². The van der Waals surface area contributed by atoms with E-state index in [0.29, 0.717) is 5.56 Å². The molecule has 0 bridgehead atoms. The number of carbonyl (C=O) groups excluding carboxylic acids is 1. The Morgan fingerprint density at radius 2 is 2.33 bits per heavy atom. The van der Waals surface area contributed by atoms with Crippen molar-refractivity contribution in [3.8, 4) is 0 Å². The molecule has 0 aliphatic carbocycles. The van der Waals surface area contributed by atoms with E-state index in [1.165, 1.54) is 10.6 Å². The standard InChI is InChI=1S/C12H17N3O2.ClH/c1-15-6-4-9(7-11(15)16)12(17)14-10-3-2-5-13-8-10;/h4,6-7,10,13H,2-3,5,8H2,1H3,(H,14,17);1H/t10-;/m0./s1. The molecule has 1 amide bonds. The van der Waals surface area contributed by atoms with E-state index in [4.69, 9.17) is 0 Å². The Balaban J connectivity index is 0.00000162. The number of carbonyl (C=O) groups is 1. The summed E-state index contributed by atoms with van der Waals surface area (Å²) in [7, 11) is 1.66. The number of rotatable bonds is 2. The van der Waals surface area contributed by atoms with Crippen molar-refractivity contribution in [1.82, 2.24) is 15.2 Å². The Morgan fingerprint density at radius 3 is 2.94 bits per heavy atom. The highest BCUT2D eigenvalue weighted by molar-refractivity contribution is 5.94. The van der Waals surface area contributed by atoms with Crippen molar-refractivity contribution in [2.45, 2.75) is 18.9 Å². The number of halogens is 1. The molecule has 1 aromatic rings. The normalized spacial score (nSPS) is 18.8. The minimum atomic E-state index is -0.170. The maximum Gasteiger partial charge on any atom is 0.251 e. The number of nitrogens with zero attached hydrogens (tertiary/aromatic N) is 1. The summed E-state index contributed by atoms with van der Waals surface area (Å²) in [6, 6.07) is 3.19. The first-order valence-electron chi connectivity index (χ1n) is 5.85. The molecule has 1 aliphatic rings. The van der Waals surface area contributed by atoms with Crippen molar-refractivity contribution >= 4 is 18.3 Å². The van der Waals surface area contributed by atoms with Crippen LogP contribution >= 0.6 is 12.4 Å². The second kappa shape index (κ2) is 6.56. The van der Waals surface area contributed by atoms with Gasteiger partial charge in [0.1, 0.15) is 0 Å². The van der Waals surface area contributed by atoms with Gasteiger partial charge >= 0.3 is 0 Å². The van der Waals surface area contributed by atoms with Crippen LogP contribution < -0.4 is 16.2 Å². The summed E-state index contributed by atoms with van der Waals surface area (Å²) in [5, 5.41) is 6.16. The van der Waals surface area contributed by atoms with Crippen molar-refractivity contribution < 1.29 is 4.79 Å². The molecule has 1 fully saturated rings. The van der Waals surface area contributed by atoms with Crippen LogP contribution in [0.2, 0.25) is 0 Å². The molecular weight excluding hydrogens is 254 g/mol. The quantitative estimate of drug-likeness (QED) is 0.813. The first-order valence-corrected chi connectivity index (χ1v) is 5.85. The Bertz CT molecular complexity index is 467. The monoisotopic (exact) mass is 271 g/mol. The van der Waals surface area contributed by atoms with Crippen molar-refractivity contribution in [3.63, 3.8) is 0 Å². The minimum absolute atomic E-state index is 0. The van der Waals surface area contributed by atoms with Crippen LogP contribution in [0, 0.1) is 0 Å². The van der Waals surface area contributed by atoms with Crippen molar-refractivity contribution in [2.75, 3.05) is 13.1 Å². The number of aromatic nitrogens is 1. The van der Waals surface area contributed by atoms with Crippen LogP contribution in [0.25, 0.3) is 0 Å². The fourth-order valence-corrected chi connectivity index (χ4v) is 1.93. The third-order valence-electron chi connectivity index (χ3n) is 3.00. The predicted molar refractivity (Wildman–Crippen MR) is 72.3 cm³/mol. The minimum Gasteiger partial charge on any atom is -0.348 e.